The molecule has 0 radical (unpaired) electrons. The van der Waals surface area contributed by atoms with Gasteiger partial charge in [-0.3, -0.25) is 5.10 Å². The first kappa shape index (κ1) is 11.9. The highest BCUT2D eigenvalue weighted by molar-refractivity contribution is 5.89. The third-order valence-electron chi connectivity index (χ3n) is 2.96. The standard InChI is InChI=1S/C11H19N5O/c1-2-13-11(17)15-9-7-14-16-10(9)8-4-3-5-12-6-8/h7-8,12H,2-6H2,1H3,(H,14,16)(H2,13,15,17)/t8-/m1/s1. The van der Waals surface area contributed by atoms with E-state index < -0.39 is 0 Å². The molecule has 94 valence electrons. The van der Waals surface area contributed by atoms with E-state index in [1.54, 1.807) is 6.20 Å². The summed E-state index contributed by atoms with van der Waals surface area (Å²) in [6, 6.07) is -0.182. The van der Waals surface area contributed by atoms with Crippen molar-refractivity contribution in [2.45, 2.75) is 25.7 Å². The Morgan fingerprint density at radius 2 is 2.53 bits per heavy atom. The molecule has 2 amide bonds. The van der Waals surface area contributed by atoms with Gasteiger partial charge in [-0.25, -0.2) is 4.79 Å². The van der Waals surface area contributed by atoms with E-state index >= 15 is 0 Å². The van der Waals surface area contributed by atoms with Gasteiger partial charge in [0.1, 0.15) is 0 Å². The number of hydrogen-bond donors (Lipinski definition) is 4. The summed E-state index contributed by atoms with van der Waals surface area (Å²) in [5.41, 5.74) is 1.80. The Labute approximate surface area is 101 Å². The molecule has 17 heavy (non-hydrogen) atoms. The summed E-state index contributed by atoms with van der Waals surface area (Å²) in [5.74, 6) is 0.406. The van der Waals surface area contributed by atoms with Crippen molar-refractivity contribution in [2.75, 3.05) is 25.0 Å². The van der Waals surface area contributed by atoms with E-state index in [0.29, 0.717) is 12.5 Å². The number of carbonyl (C=O) groups excluding carboxylic acids is 1. The first-order valence-corrected chi connectivity index (χ1v) is 6.10. The number of aromatic nitrogens is 2. The van der Waals surface area contributed by atoms with Crippen LogP contribution in [-0.2, 0) is 0 Å². The van der Waals surface area contributed by atoms with Gasteiger partial charge in [-0.1, -0.05) is 0 Å². The lowest BCUT2D eigenvalue weighted by molar-refractivity contribution is 0.252. The van der Waals surface area contributed by atoms with Gasteiger partial charge in [0.15, 0.2) is 0 Å². The van der Waals surface area contributed by atoms with Crippen LogP contribution in [-0.4, -0.2) is 35.9 Å². The molecule has 0 saturated carbocycles. The summed E-state index contributed by atoms with van der Waals surface area (Å²) >= 11 is 0. The van der Waals surface area contributed by atoms with Gasteiger partial charge in [-0.15, -0.1) is 0 Å². The SMILES string of the molecule is CCNC(=O)Nc1cn[nH]c1[C@@H]1CCCNC1. The molecule has 0 unspecified atom stereocenters. The van der Waals surface area contributed by atoms with E-state index in [1.165, 1.54) is 0 Å². The Kier molecular flexibility index (Phi) is 3.98. The zero-order valence-corrected chi connectivity index (χ0v) is 10.0. The molecule has 1 aromatic rings. The van der Waals surface area contributed by atoms with Crippen molar-refractivity contribution in [3.63, 3.8) is 0 Å². The van der Waals surface area contributed by atoms with Crippen LogP contribution >= 0.6 is 0 Å². The fourth-order valence-electron chi connectivity index (χ4n) is 2.13. The summed E-state index contributed by atoms with van der Waals surface area (Å²) in [6.07, 6.45) is 3.95. The van der Waals surface area contributed by atoms with Gasteiger partial charge in [0.25, 0.3) is 0 Å². The number of rotatable bonds is 3. The van der Waals surface area contributed by atoms with Gasteiger partial charge in [0.05, 0.1) is 17.6 Å². The second kappa shape index (κ2) is 5.67. The summed E-state index contributed by atoms with van der Waals surface area (Å²) in [7, 11) is 0. The van der Waals surface area contributed by atoms with Crippen LogP contribution in [0, 0.1) is 0 Å². The Morgan fingerprint density at radius 1 is 1.65 bits per heavy atom. The number of urea groups is 1. The second-order valence-corrected chi connectivity index (χ2v) is 4.23. The van der Waals surface area contributed by atoms with Crippen LogP contribution in [0.3, 0.4) is 0 Å². The first-order chi connectivity index (χ1) is 8.31. The lowest BCUT2D eigenvalue weighted by atomic mass is 9.95. The van der Waals surface area contributed by atoms with Crippen LogP contribution in [0.5, 0.6) is 0 Å². The Morgan fingerprint density at radius 3 is 3.24 bits per heavy atom. The average Bonchev–Trinajstić information content (AvgIpc) is 2.78. The van der Waals surface area contributed by atoms with Crippen molar-refractivity contribution < 1.29 is 4.79 Å². The van der Waals surface area contributed by atoms with Crippen LogP contribution < -0.4 is 16.0 Å². The highest BCUT2D eigenvalue weighted by atomic mass is 16.2. The molecule has 1 aromatic heterocycles. The van der Waals surface area contributed by atoms with Crippen LogP contribution in [0.1, 0.15) is 31.4 Å². The van der Waals surface area contributed by atoms with Gasteiger partial charge >= 0.3 is 6.03 Å². The van der Waals surface area contributed by atoms with E-state index in [2.05, 4.69) is 26.1 Å². The molecule has 2 heterocycles. The molecule has 1 atom stereocenters. The minimum atomic E-state index is -0.182. The molecule has 1 saturated heterocycles. The monoisotopic (exact) mass is 237 g/mol. The molecule has 6 nitrogen and oxygen atoms in total. The fraction of sp³-hybridized carbons (Fsp3) is 0.636. The van der Waals surface area contributed by atoms with E-state index in [9.17, 15) is 4.79 Å². The van der Waals surface area contributed by atoms with Crippen molar-refractivity contribution in [3.05, 3.63) is 11.9 Å². The molecule has 0 aromatic carbocycles. The molecular weight excluding hydrogens is 218 g/mol. The minimum absolute atomic E-state index is 0.182. The molecule has 0 spiro atoms. The Hall–Kier alpha value is -1.56. The van der Waals surface area contributed by atoms with Gasteiger partial charge in [0.2, 0.25) is 0 Å². The molecule has 0 aliphatic carbocycles. The minimum Gasteiger partial charge on any atom is -0.338 e. The summed E-state index contributed by atoms with van der Waals surface area (Å²) in [6.45, 7) is 4.51. The number of amides is 2. The normalized spacial score (nSPS) is 19.9. The van der Waals surface area contributed by atoms with Gasteiger partial charge < -0.3 is 16.0 Å². The second-order valence-electron chi connectivity index (χ2n) is 4.23. The van der Waals surface area contributed by atoms with E-state index in [1.807, 2.05) is 6.92 Å². The fourth-order valence-corrected chi connectivity index (χ4v) is 2.13. The van der Waals surface area contributed by atoms with Crippen LogP contribution in [0.15, 0.2) is 6.20 Å². The highest BCUT2D eigenvalue weighted by Crippen LogP contribution is 2.27. The maximum Gasteiger partial charge on any atom is 0.319 e. The van der Waals surface area contributed by atoms with Crippen molar-refractivity contribution in [2.24, 2.45) is 0 Å². The number of carbonyl (C=O) groups is 1. The predicted molar refractivity (Wildman–Crippen MR) is 66.1 cm³/mol. The molecule has 2 rings (SSSR count). The number of anilines is 1. The molecule has 1 fully saturated rings. The zero-order valence-electron chi connectivity index (χ0n) is 10.0. The van der Waals surface area contributed by atoms with Gasteiger partial charge in [-0.05, 0) is 26.3 Å². The molecule has 1 aliphatic heterocycles. The van der Waals surface area contributed by atoms with Crippen LogP contribution in [0.25, 0.3) is 0 Å². The Balaban J connectivity index is 2.02. The quantitative estimate of drug-likeness (QED) is 0.633. The van der Waals surface area contributed by atoms with E-state index in [4.69, 9.17) is 0 Å². The summed E-state index contributed by atoms with van der Waals surface area (Å²) in [5, 5.41) is 15.9. The number of piperidine rings is 1. The largest absolute Gasteiger partial charge is 0.338 e. The summed E-state index contributed by atoms with van der Waals surface area (Å²) < 4.78 is 0. The zero-order chi connectivity index (χ0) is 12.1. The number of nitrogens with one attached hydrogen (secondary N) is 4. The lowest BCUT2D eigenvalue weighted by Crippen LogP contribution is -2.31. The smallest absolute Gasteiger partial charge is 0.319 e. The van der Waals surface area contributed by atoms with E-state index in [0.717, 1.165) is 37.3 Å². The molecule has 4 N–H and O–H groups in total. The molecule has 6 heteroatoms. The average molecular weight is 237 g/mol. The Bertz CT molecular complexity index is 370. The predicted octanol–water partition coefficient (Wildman–Crippen LogP) is 1.02. The molecular formula is C11H19N5O. The number of nitrogens with zero attached hydrogens (tertiary/aromatic N) is 1. The van der Waals surface area contributed by atoms with Crippen LogP contribution in [0.4, 0.5) is 10.5 Å². The van der Waals surface area contributed by atoms with Gasteiger partial charge in [-0.2, -0.15) is 5.10 Å². The number of H-pyrrole nitrogens is 1. The van der Waals surface area contributed by atoms with Gasteiger partial charge in [0, 0.05) is 19.0 Å². The summed E-state index contributed by atoms with van der Waals surface area (Å²) in [4.78, 5) is 11.5. The topological polar surface area (TPSA) is 81.8 Å². The van der Waals surface area contributed by atoms with Crippen LogP contribution in [0.2, 0.25) is 0 Å². The van der Waals surface area contributed by atoms with Crippen molar-refractivity contribution in [1.82, 2.24) is 20.8 Å². The first-order valence-electron chi connectivity index (χ1n) is 6.10. The number of aromatic amines is 1. The van der Waals surface area contributed by atoms with E-state index in [-0.39, 0.29) is 6.03 Å². The number of hydrogen-bond acceptors (Lipinski definition) is 3. The maximum absolute atomic E-state index is 11.5. The third kappa shape index (κ3) is 2.97. The van der Waals surface area contributed by atoms with Crippen molar-refractivity contribution in [3.8, 4) is 0 Å². The third-order valence-corrected chi connectivity index (χ3v) is 2.96. The highest BCUT2D eigenvalue weighted by Gasteiger charge is 2.20. The molecule has 0 bridgehead atoms. The maximum atomic E-state index is 11.5. The van der Waals surface area contributed by atoms with Crippen molar-refractivity contribution in [1.29, 1.82) is 0 Å². The lowest BCUT2D eigenvalue weighted by Gasteiger charge is -2.22. The molecule has 1 aliphatic rings. The van der Waals surface area contributed by atoms with Crippen molar-refractivity contribution >= 4 is 11.7 Å².